The molecule has 0 aliphatic carbocycles. The number of aldehydes is 1. The SMILES string of the molecule is CNCCCCCOCCCc1cccc2c1C(C(=O)C=O)N(C1CCC(=O)NC1=O)C2. The summed E-state index contributed by atoms with van der Waals surface area (Å²) >= 11 is 0. The zero-order valence-electron chi connectivity index (χ0n) is 18.7. The highest BCUT2D eigenvalue weighted by atomic mass is 16.5. The molecule has 2 aliphatic heterocycles. The predicted molar refractivity (Wildman–Crippen MR) is 119 cm³/mol. The average Bonchev–Trinajstić information content (AvgIpc) is 3.17. The number of fused-ring (bicyclic) bond motifs is 1. The van der Waals surface area contributed by atoms with E-state index in [1.165, 1.54) is 0 Å². The van der Waals surface area contributed by atoms with Gasteiger partial charge in [0.05, 0.1) is 6.04 Å². The topological polar surface area (TPSA) is 105 Å². The summed E-state index contributed by atoms with van der Waals surface area (Å²) in [5, 5.41) is 5.49. The summed E-state index contributed by atoms with van der Waals surface area (Å²) < 4.78 is 5.75. The molecular formula is C24H33N3O5. The standard InChI is InChI=1S/C24H33N3O5/c1-25-12-3-2-4-13-32-14-6-9-17-7-5-8-18-15-27(23(22(17)18)20(29)16-28)19-10-11-21(30)26-24(19)31/h5,7-8,16,19,23,25H,2-4,6,9-15H2,1H3,(H,26,30,31). The van der Waals surface area contributed by atoms with Gasteiger partial charge in [0.25, 0.3) is 0 Å². The molecule has 2 heterocycles. The lowest BCUT2D eigenvalue weighted by Crippen LogP contribution is -2.52. The van der Waals surface area contributed by atoms with E-state index in [0.29, 0.717) is 25.9 Å². The van der Waals surface area contributed by atoms with Crippen LogP contribution in [0.5, 0.6) is 0 Å². The highest BCUT2D eigenvalue weighted by molar-refractivity contribution is 6.27. The van der Waals surface area contributed by atoms with E-state index in [9.17, 15) is 19.2 Å². The first-order chi connectivity index (χ1) is 15.6. The van der Waals surface area contributed by atoms with Gasteiger partial charge in [0.2, 0.25) is 17.6 Å². The molecule has 1 fully saturated rings. The number of Topliss-reactive ketones (excluding diaryl/α,β-unsaturated/α-hetero) is 1. The highest BCUT2D eigenvalue weighted by Gasteiger charge is 2.44. The molecule has 32 heavy (non-hydrogen) atoms. The van der Waals surface area contributed by atoms with Gasteiger partial charge in [-0.25, -0.2) is 0 Å². The van der Waals surface area contributed by atoms with Gasteiger partial charge in [-0.05, 0) is 68.8 Å². The molecule has 8 nitrogen and oxygen atoms in total. The fourth-order valence-electron chi connectivity index (χ4n) is 4.64. The Morgan fingerprint density at radius 2 is 2.03 bits per heavy atom. The number of nitrogens with one attached hydrogen (secondary N) is 2. The molecular weight excluding hydrogens is 410 g/mol. The van der Waals surface area contributed by atoms with Crippen LogP contribution in [0.25, 0.3) is 0 Å². The van der Waals surface area contributed by atoms with E-state index in [0.717, 1.165) is 61.9 Å². The molecule has 2 atom stereocenters. The van der Waals surface area contributed by atoms with Crippen LogP contribution in [-0.4, -0.2) is 61.6 Å². The number of amides is 2. The van der Waals surface area contributed by atoms with Crippen molar-refractivity contribution in [2.24, 2.45) is 0 Å². The second-order valence-electron chi connectivity index (χ2n) is 8.43. The van der Waals surface area contributed by atoms with E-state index < -0.39 is 23.8 Å². The van der Waals surface area contributed by atoms with Crippen molar-refractivity contribution in [1.82, 2.24) is 15.5 Å². The second kappa shape index (κ2) is 12.0. The minimum Gasteiger partial charge on any atom is -0.381 e. The molecule has 2 amide bonds. The third kappa shape index (κ3) is 5.88. The monoisotopic (exact) mass is 443 g/mol. The Kier molecular flexibility index (Phi) is 9.08. The van der Waals surface area contributed by atoms with Gasteiger partial charge in [0.15, 0.2) is 6.29 Å². The number of aryl methyl sites for hydroxylation is 1. The van der Waals surface area contributed by atoms with Gasteiger partial charge in [0, 0.05) is 26.2 Å². The van der Waals surface area contributed by atoms with Crippen LogP contribution >= 0.6 is 0 Å². The maximum atomic E-state index is 12.6. The van der Waals surface area contributed by atoms with Crippen LogP contribution in [0.3, 0.4) is 0 Å². The Morgan fingerprint density at radius 3 is 2.78 bits per heavy atom. The van der Waals surface area contributed by atoms with Gasteiger partial charge >= 0.3 is 0 Å². The summed E-state index contributed by atoms with van der Waals surface area (Å²) in [4.78, 5) is 49.9. The molecule has 1 saturated heterocycles. The third-order valence-electron chi connectivity index (χ3n) is 6.19. The number of benzene rings is 1. The van der Waals surface area contributed by atoms with Crippen LogP contribution in [0.1, 0.15) is 61.3 Å². The Morgan fingerprint density at radius 1 is 1.22 bits per heavy atom. The van der Waals surface area contributed by atoms with Gasteiger partial charge < -0.3 is 10.1 Å². The van der Waals surface area contributed by atoms with E-state index >= 15 is 0 Å². The molecule has 0 radical (unpaired) electrons. The molecule has 2 unspecified atom stereocenters. The normalized spacial score (nSPS) is 20.8. The van der Waals surface area contributed by atoms with Crippen molar-refractivity contribution >= 4 is 23.9 Å². The van der Waals surface area contributed by atoms with Crippen molar-refractivity contribution in [3.05, 3.63) is 34.9 Å². The number of imide groups is 1. The molecule has 2 aliphatic rings. The molecule has 1 aromatic rings. The van der Waals surface area contributed by atoms with Crippen LogP contribution in [0.15, 0.2) is 18.2 Å². The number of hydrogen-bond acceptors (Lipinski definition) is 7. The number of nitrogens with zero attached hydrogens (tertiary/aromatic N) is 1. The van der Waals surface area contributed by atoms with E-state index in [1.807, 2.05) is 25.2 Å². The number of unbranched alkanes of at least 4 members (excludes halogenated alkanes) is 2. The minimum atomic E-state index is -0.782. The maximum Gasteiger partial charge on any atom is 0.243 e. The van der Waals surface area contributed by atoms with E-state index in [4.69, 9.17) is 4.74 Å². The van der Waals surface area contributed by atoms with Gasteiger partial charge in [0.1, 0.15) is 6.04 Å². The summed E-state index contributed by atoms with van der Waals surface area (Å²) in [7, 11) is 1.95. The van der Waals surface area contributed by atoms with Gasteiger partial charge in [-0.3, -0.25) is 29.4 Å². The maximum absolute atomic E-state index is 12.6. The first kappa shape index (κ1) is 24.2. The number of ether oxygens (including phenoxy) is 1. The zero-order valence-corrected chi connectivity index (χ0v) is 18.7. The number of carbonyl (C=O) groups excluding carboxylic acids is 4. The summed E-state index contributed by atoms with van der Waals surface area (Å²) in [6, 6.07) is 4.49. The van der Waals surface area contributed by atoms with E-state index in [2.05, 4.69) is 10.6 Å². The number of carbonyl (C=O) groups is 4. The van der Waals surface area contributed by atoms with Crippen molar-refractivity contribution in [3.63, 3.8) is 0 Å². The molecule has 0 aromatic heterocycles. The molecule has 0 saturated carbocycles. The van der Waals surface area contributed by atoms with Crippen LogP contribution in [0.4, 0.5) is 0 Å². The van der Waals surface area contributed by atoms with Gasteiger partial charge in [-0.15, -0.1) is 0 Å². The molecule has 2 N–H and O–H groups in total. The molecule has 0 spiro atoms. The quantitative estimate of drug-likeness (QED) is 0.206. The molecule has 1 aromatic carbocycles. The highest BCUT2D eigenvalue weighted by Crippen LogP contribution is 2.39. The second-order valence-corrected chi connectivity index (χ2v) is 8.43. The van der Waals surface area contributed by atoms with Crippen molar-refractivity contribution < 1.29 is 23.9 Å². The largest absolute Gasteiger partial charge is 0.381 e. The van der Waals surface area contributed by atoms with E-state index in [1.54, 1.807) is 4.90 Å². The number of ketones is 1. The van der Waals surface area contributed by atoms with Crippen molar-refractivity contribution in [2.75, 3.05) is 26.8 Å². The molecule has 174 valence electrons. The Hall–Kier alpha value is -2.42. The summed E-state index contributed by atoms with van der Waals surface area (Å²) in [5.74, 6) is -1.26. The number of rotatable bonds is 13. The van der Waals surface area contributed by atoms with Crippen LogP contribution < -0.4 is 10.6 Å². The first-order valence-corrected chi connectivity index (χ1v) is 11.5. The van der Waals surface area contributed by atoms with E-state index in [-0.39, 0.29) is 12.3 Å². The number of hydrogen-bond donors (Lipinski definition) is 2. The fraction of sp³-hybridized carbons (Fsp3) is 0.583. The van der Waals surface area contributed by atoms with Crippen molar-refractivity contribution in [3.8, 4) is 0 Å². The minimum absolute atomic E-state index is 0.227. The Balaban J connectivity index is 1.63. The fourth-order valence-corrected chi connectivity index (χ4v) is 4.64. The van der Waals surface area contributed by atoms with Crippen LogP contribution in [0.2, 0.25) is 0 Å². The summed E-state index contributed by atoms with van der Waals surface area (Å²) in [5.41, 5.74) is 2.80. The lowest BCUT2D eigenvalue weighted by molar-refractivity contribution is -0.141. The molecule has 8 heteroatoms. The van der Waals surface area contributed by atoms with Gasteiger partial charge in [-0.2, -0.15) is 0 Å². The Labute approximate surface area is 189 Å². The third-order valence-corrected chi connectivity index (χ3v) is 6.19. The average molecular weight is 444 g/mol. The lowest BCUT2D eigenvalue weighted by atomic mass is 9.92. The zero-order chi connectivity index (χ0) is 22.9. The van der Waals surface area contributed by atoms with Crippen LogP contribution in [-0.2, 0) is 36.9 Å². The predicted octanol–water partition coefficient (Wildman–Crippen LogP) is 1.46. The van der Waals surface area contributed by atoms with Crippen LogP contribution in [0, 0.1) is 0 Å². The number of piperidine rings is 1. The Bertz CT molecular complexity index is 841. The van der Waals surface area contributed by atoms with Gasteiger partial charge in [-0.1, -0.05) is 18.2 Å². The lowest BCUT2D eigenvalue weighted by Gasteiger charge is -2.33. The smallest absolute Gasteiger partial charge is 0.243 e. The summed E-state index contributed by atoms with van der Waals surface area (Å²) in [6.45, 7) is 2.81. The van der Waals surface area contributed by atoms with Crippen molar-refractivity contribution in [1.29, 1.82) is 0 Å². The summed E-state index contributed by atoms with van der Waals surface area (Å²) in [6.07, 6.45) is 5.78. The molecule has 3 rings (SSSR count). The van der Waals surface area contributed by atoms with Crippen molar-refractivity contribution in [2.45, 2.75) is 63.6 Å². The first-order valence-electron chi connectivity index (χ1n) is 11.5. The molecule has 0 bridgehead atoms.